The highest BCUT2D eigenvalue weighted by atomic mass is 79.9. The number of hydrogen-bond donors (Lipinski definition) is 0. The Morgan fingerprint density at radius 2 is 1.76 bits per heavy atom. The van der Waals surface area contributed by atoms with E-state index in [0.717, 1.165) is 0 Å². The number of benzene rings is 1. The molecule has 2 aliphatic rings. The van der Waals surface area contributed by atoms with Crippen LogP contribution < -0.4 is 0 Å². The maximum absolute atomic E-state index is 3.75. The Balaban J connectivity index is 1.80. The second kappa shape index (κ2) is 4.76. The third kappa shape index (κ3) is 2.31. The second-order valence-corrected chi connectivity index (χ2v) is 6.53. The van der Waals surface area contributed by atoms with E-state index in [1.54, 1.807) is 16.7 Å². The minimum Gasteiger partial charge on any atom is -0.0922 e. The molecule has 17 heavy (non-hydrogen) atoms. The van der Waals surface area contributed by atoms with Crippen molar-refractivity contribution in [3.05, 3.63) is 34.9 Å². The molecule has 2 aliphatic carbocycles. The Bertz CT molecular complexity index is 402. The van der Waals surface area contributed by atoms with Crippen LogP contribution in [0.4, 0.5) is 0 Å². The van der Waals surface area contributed by atoms with Gasteiger partial charge in [-0.3, -0.25) is 0 Å². The van der Waals surface area contributed by atoms with Crippen LogP contribution in [0.25, 0.3) is 0 Å². The van der Waals surface area contributed by atoms with E-state index < -0.39 is 0 Å². The summed E-state index contributed by atoms with van der Waals surface area (Å²) in [5, 5.41) is 1.18. The lowest BCUT2D eigenvalue weighted by molar-refractivity contribution is 0.346. The van der Waals surface area contributed by atoms with Gasteiger partial charge >= 0.3 is 0 Å². The summed E-state index contributed by atoms with van der Waals surface area (Å²) in [4.78, 5) is 0. The van der Waals surface area contributed by atoms with Crippen molar-refractivity contribution in [3.8, 4) is 0 Å². The van der Waals surface area contributed by atoms with Gasteiger partial charge in [0.2, 0.25) is 0 Å². The van der Waals surface area contributed by atoms with E-state index in [2.05, 4.69) is 34.1 Å². The number of halogens is 1. The van der Waals surface area contributed by atoms with Gasteiger partial charge in [-0.05, 0) is 60.6 Å². The molecule has 0 saturated heterocycles. The Kier molecular flexibility index (Phi) is 3.30. The molecule has 0 amide bonds. The van der Waals surface area contributed by atoms with Crippen molar-refractivity contribution in [3.63, 3.8) is 0 Å². The molecule has 0 bridgehead atoms. The fourth-order valence-electron chi connectivity index (χ4n) is 3.65. The first-order chi connectivity index (χ1) is 8.31. The van der Waals surface area contributed by atoms with Crippen molar-refractivity contribution in [2.75, 3.05) is 5.33 Å². The Labute approximate surface area is 113 Å². The fourth-order valence-corrected chi connectivity index (χ4v) is 4.41. The third-order valence-electron chi connectivity index (χ3n) is 4.69. The van der Waals surface area contributed by atoms with Crippen molar-refractivity contribution >= 4 is 15.9 Å². The molecule has 0 nitrogen and oxygen atoms in total. The van der Waals surface area contributed by atoms with Crippen LogP contribution in [0.15, 0.2) is 18.2 Å². The summed E-state index contributed by atoms with van der Waals surface area (Å²) < 4.78 is 0. The van der Waals surface area contributed by atoms with E-state index in [4.69, 9.17) is 0 Å². The van der Waals surface area contributed by atoms with Gasteiger partial charge in [-0.2, -0.15) is 0 Å². The SMILES string of the molecule is BrCC1(Cc2ccc3c(c2)CCC3)CCCC1. The average molecular weight is 293 g/mol. The smallest absolute Gasteiger partial charge is 0.00911 e. The monoisotopic (exact) mass is 292 g/mol. The molecule has 1 heteroatoms. The maximum Gasteiger partial charge on any atom is 0.00911 e. The zero-order chi connectivity index (χ0) is 11.7. The molecule has 0 spiro atoms. The van der Waals surface area contributed by atoms with E-state index >= 15 is 0 Å². The third-order valence-corrected chi connectivity index (χ3v) is 5.88. The van der Waals surface area contributed by atoms with E-state index in [0.29, 0.717) is 5.41 Å². The van der Waals surface area contributed by atoms with Crippen molar-refractivity contribution in [1.82, 2.24) is 0 Å². The predicted molar refractivity (Wildman–Crippen MR) is 76.9 cm³/mol. The van der Waals surface area contributed by atoms with Crippen molar-refractivity contribution in [2.45, 2.75) is 51.4 Å². The highest BCUT2D eigenvalue weighted by Gasteiger charge is 2.32. The second-order valence-electron chi connectivity index (χ2n) is 5.97. The molecule has 0 N–H and O–H groups in total. The summed E-state index contributed by atoms with van der Waals surface area (Å²) in [6.07, 6.45) is 10.9. The van der Waals surface area contributed by atoms with E-state index in [1.165, 1.54) is 56.7 Å². The molecule has 0 aliphatic heterocycles. The van der Waals surface area contributed by atoms with E-state index in [1.807, 2.05) is 0 Å². The zero-order valence-electron chi connectivity index (χ0n) is 10.5. The number of alkyl halides is 1. The van der Waals surface area contributed by atoms with Gasteiger partial charge in [0, 0.05) is 5.33 Å². The molecule has 0 atom stereocenters. The summed E-state index contributed by atoms with van der Waals surface area (Å²) in [7, 11) is 0. The van der Waals surface area contributed by atoms with Crippen molar-refractivity contribution in [1.29, 1.82) is 0 Å². The predicted octanol–water partition coefficient (Wildman–Crippen LogP) is 4.67. The average Bonchev–Trinajstić information content (AvgIpc) is 2.97. The van der Waals surface area contributed by atoms with Crippen LogP contribution in [0.3, 0.4) is 0 Å². The summed E-state index contributed by atoms with van der Waals surface area (Å²) >= 11 is 3.75. The Morgan fingerprint density at radius 1 is 1.00 bits per heavy atom. The van der Waals surface area contributed by atoms with Gasteiger partial charge in [0.15, 0.2) is 0 Å². The van der Waals surface area contributed by atoms with Gasteiger partial charge in [-0.15, -0.1) is 0 Å². The largest absolute Gasteiger partial charge is 0.0922 e. The summed E-state index contributed by atoms with van der Waals surface area (Å²) in [5.74, 6) is 0. The highest BCUT2D eigenvalue weighted by Crippen LogP contribution is 2.42. The molecule has 3 rings (SSSR count). The van der Waals surface area contributed by atoms with Crippen LogP contribution in [0.5, 0.6) is 0 Å². The number of fused-ring (bicyclic) bond motifs is 1. The van der Waals surface area contributed by atoms with Crippen LogP contribution in [0.1, 0.15) is 48.8 Å². The Morgan fingerprint density at radius 3 is 2.53 bits per heavy atom. The van der Waals surface area contributed by atoms with Crippen molar-refractivity contribution < 1.29 is 0 Å². The first-order valence-corrected chi connectivity index (χ1v) is 8.10. The molecule has 0 heterocycles. The molecule has 1 aromatic carbocycles. The maximum atomic E-state index is 3.75. The first kappa shape index (κ1) is 11.8. The topological polar surface area (TPSA) is 0 Å². The molecule has 0 radical (unpaired) electrons. The minimum atomic E-state index is 0.562. The number of aryl methyl sites for hydroxylation is 2. The Hall–Kier alpha value is -0.300. The van der Waals surface area contributed by atoms with Gasteiger partial charge in [-0.25, -0.2) is 0 Å². The quantitative estimate of drug-likeness (QED) is 0.710. The van der Waals surface area contributed by atoms with Gasteiger partial charge in [-0.1, -0.05) is 47.0 Å². The summed E-state index contributed by atoms with van der Waals surface area (Å²) in [6, 6.07) is 7.26. The van der Waals surface area contributed by atoms with Gasteiger partial charge in [0.05, 0.1) is 0 Å². The fraction of sp³-hybridized carbons (Fsp3) is 0.625. The zero-order valence-corrected chi connectivity index (χ0v) is 12.1. The van der Waals surface area contributed by atoms with E-state index in [-0.39, 0.29) is 0 Å². The highest BCUT2D eigenvalue weighted by molar-refractivity contribution is 9.09. The molecule has 1 fully saturated rings. The van der Waals surface area contributed by atoms with Crippen LogP contribution in [0.2, 0.25) is 0 Å². The standard InChI is InChI=1S/C16H21Br/c17-12-16(8-1-2-9-16)11-13-6-7-14-4-3-5-15(14)10-13/h6-7,10H,1-5,8-9,11-12H2. The molecular weight excluding hydrogens is 272 g/mol. The van der Waals surface area contributed by atoms with Crippen LogP contribution >= 0.6 is 15.9 Å². The molecule has 1 saturated carbocycles. The number of hydrogen-bond acceptors (Lipinski definition) is 0. The van der Waals surface area contributed by atoms with Crippen LogP contribution in [-0.2, 0) is 19.3 Å². The lowest BCUT2D eigenvalue weighted by Crippen LogP contribution is -2.21. The molecule has 0 unspecified atom stereocenters. The summed E-state index contributed by atoms with van der Waals surface area (Å²) in [6.45, 7) is 0. The molecule has 0 aromatic heterocycles. The first-order valence-electron chi connectivity index (χ1n) is 6.98. The van der Waals surface area contributed by atoms with Gasteiger partial charge in [0.25, 0.3) is 0 Å². The molecule has 92 valence electrons. The lowest BCUT2D eigenvalue weighted by Gasteiger charge is -2.26. The van der Waals surface area contributed by atoms with Gasteiger partial charge in [0.1, 0.15) is 0 Å². The lowest BCUT2D eigenvalue weighted by atomic mass is 9.81. The normalized spacial score (nSPS) is 21.7. The van der Waals surface area contributed by atoms with E-state index in [9.17, 15) is 0 Å². The van der Waals surface area contributed by atoms with Crippen LogP contribution in [-0.4, -0.2) is 5.33 Å². The van der Waals surface area contributed by atoms with Gasteiger partial charge < -0.3 is 0 Å². The van der Waals surface area contributed by atoms with Crippen molar-refractivity contribution in [2.24, 2.45) is 5.41 Å². The minimum absolute atomic E-state index is 0.562. The summed E-state index contributed by atoms with van der Waals surface area (Å²) in [5.41, 5.74) is 5.37. The van der Waals surface area contributed by atoms with Crippen LogP contribution in [0, 0.1) is 5.41 Å². The molecular formula is C16H21Br. The molecule has 1 aromatic rings. The number of rotatable bonds is 3.